The largest absolute Gasteiger partial charge is 0.446 e. The zero-order chi connectivity index (χ0) is 9.26. The van der Waals surface area contributed by atoms with Crippen LogP contribution in [-0.2, 0) is 4.74 Å². The molecule has 0 aliphatic heterocycles. The lowest BCUT2D eigenvalue weighted by Crippen LogP contribution is -2.20. The van der Waals surface area contributed by atoms with Crippen molar-refractivity contribution in [3.05, 3.63) is 18.7 Å². The van der Waals surface area contributed by atoms with Crippen LogP contribution in [0.25, 0.3) is 0 Å². The Bertz CT molecular complexity index is 291. The summed E-state index contributed by atoms with van der Waals surface area (Å²) < 4.78 is 6.55. The Kier molecular flexibility index (Phi) is 2.04. The number of carbonyl (C=O) groups excluding carboxylic acids is 1. The minimum Gasteiger partial charge on any atom is -0.446 e. The Balaban J connectivity index is 1.91. The second-order valence-electron chi connectivity index (χ2n) is 3.40. The van der Waals surface area contributed by atoms with Crippen LogP contribution in [0.15, 0.2) is 18.7 Å². The van der Waals surface area contributed by atoms with Crippen molar-refractivity contribution < 1.29 is 9.53 Å². The first-order valence-electron chi connectivity index (χ1n) is 4.46. The SMILES string of the molecule is C[C@H](OC(=O)n1ccnc1)C1CC1. The summed E-state index contributed by atoms with van der Waals surface area (Å²) in [6, 6.07) is 0. The van der Waals surface area contributed by atoms with Crippen molar-refractivity contribution in [2.24, 2.45) is 5.92 Å². The number of hydrogen-bond donors (Lipinski definition) is 0. The molecule has 0 amide bonds. The van der Waals surface area contributed by atoms with Crippen molar-refractivity contribution >= 4 is 6.09 Å². The highest BCUT2D eigenvalue weighted by atomic mass is 16.6. The van der Waals surface area contributed by atoms with E-state index in [1.54, 1.807) is 12.4 Å². The normalized spacial score (nSPS) is 18.2. The van der Waals surface area contributed by atoms with Crippen LogP contribution in [0.3, 0.4) is 0 Å². The fraction of sp³-hybridized carbons (Fsp3) is 0.556. The lowest BCUT2D eigenvalue weighted by Gasteiger charge is -2.11. The summed E-state index contributed by atoms with van der Waals surface area (Å²) in [4.78, 5) is 15.1. The molecule has 1 fully saturated rings. The summed E-state index contributed by atoms with van der Waals surface area (Å²) in [5, 5.41) is 0. The van der Waals surface area contributed by atoms with E-state index < -0.39 is 0 Å². The van der Waals surface area contributed by atoms with Gasteiger partial charge in [0, 0.05) is 12.4 Å². The number of ether oxygens (including phenoxy) is 1. The Hall–Kier alpha value is -1.32. The molecule has 1 aliphatic rings. The summed E-state index contributed by atoms with van der Waals surface area (Å²) in [5.74, 6) is 0.576. The van der Waals surface area contributed by atoms with E-state index in [-0.39, 0.29) is 12.2 Å². The highest BCUT2D eigenvalue weighted by Gasteiger charge is 2.30. The molecule has 2 rings (SSSR count). The predicted molar refractivity (Wildman–Crippen MR) is 46.3 cm³/mol. The number of nitrogens with zero attached hydrogens (tertiary/aromatic N) is 2. The summed E-state index contributed by atoms with van der Waals surface area (Å²) >= 11 is 0. The third kappa shape index (κ3) is 1.88. The second kappa shape index (κ2) is 3.20. The van der Waals surface area contributed by atoms with Gasteiger partial charge >= 0.3 is 6.09 Å². The van der Waals surface area contributed by atoms with Crippen LogP contribution in [0.5, 0.6) is 0 Å². The van der Waals surface area contributed by atoms with Crippen LogP contribution < -0.4 is 0 Å². The lowest BCUT2D eigenvalue weighted by molar-refractivity contribution is 0.0966. The Morgan fingerprint density at radius 3 is 3.00 bits per heavy atom. The van der Waals surface area contributed by atoms with Gasteiger partial charge in [0.1, 0.15) is 12.4 Å². The van der Waals surface area contributed by atoms with Crippen LogP contribution >= 0.6 is 0 Å². The molecule has 0 N–H and O–H groups in total. The van der Waals surface area contributed by atoms with Gasteiger partial charge in [-0.05, 0) is 25.7 Å². The molecule has 0 radical (unpaired) electrons. The van der Waals surface area contributed by atoms with Crippen molar-refractivity contribution in [1.82, 2.24) is 9.55 Å². The van der Waals surface area contributed by atoms with E-state index in [1.165, 1.54) is 23.7 Å². The monoisotopic (exact) mass is 180 g/mol. The quantitative estimate of drug-likeness (QED) is 0.695. The Morgan fingerprint density at radius 2 is 2.46 bits per heavy atom. The molecule has 1 saturated carbocycles. The molecular weight excluding hydrogens is 168 g/mol. The van der Waals surface area contributed by atoms with Crippen molar-refractivity contribution in [2.45, 2.75) is 25.9 Å². The average Bonchev–Trinajstić information content (AvgIpc) is 2.81. The minimum atomic E-state index is -0.336. The number of rotatable bonds is 2. The minimum absolute atomic E-state index is 0.0369. The molecule has 0 unspecified atom stereocenters. The number of aromatic nitrogens is 2. The van der Waals surface area contributed by atoms with Gasteiger partial charge in [-0.15, -0.1) is 0 Å². The molecule has 1 heterocycles. The van der Waals surface area contributed by atoms with E-state index in [2.05, 4.69) is 4.98 Å². The molecule has 4 heteroatoms. The van der Waals surface area contributed by atoms with E-state index in [1.807, 2.05) is 6.92 Å². The third-order valence-electron chi connectivity index (χ3n) is 2.29. The van der Waals surface area contributed by atoms with Crippen molar-refractivity contribution in [3.8, 4) is 0 Å². The zero-order valence-electron chi connectivity index (χ0n) is 7.51. The van der Waals surface area contributed by atoms with Crippen molar-refractivity contribution in [3.63, 3.8) is 0 Å². The van der Waals surface area contributed by atoms with Crippen molar-refractivity contribution in [2.75, 3.05) is 0 Å². The van der Waals surface area contributed by atoms with Gasteiger partial charge in [-0.1, -0.05) is 0 Å². The summed E-state index contributed by atoms with van der Waals surface area (Å²) in [7, 11) is 0. The molecule has 13 heavy (non-hydrogen) atoms. The maximum absolute atomic E-state index is 11.3. The van der Waals surface area contributed by atoms with Gasteiger partial charge in [-0.3, -0.25) is 0 Å². The molecule has 0 saturated heterocycles. The molecule has 70 valence electrons. The summed E-state index contributed by atoms with van der Waals surface area (Å²) in [6.45, 7) is 1.94. The molecule has 1 aliphatic carbocycles. The maximum Gasteiger partial charge on any atom is 0.419 e. The highest BCUT2D eigenvalue weighted by Crippen LogP contribution is 2.34. The first-order chi connectivity index (χ1) is 6.27. The fourth-order valence-electron chi connectivity index (χ4n) is 1.25. The second-order valence-corrected chi connectivity index (χ2v) is 3.40. The van der Waals surface area contributed by atoms with E-state index in [9.17, 15) is 4.79 Å². The average molecular weight is 180 g/mol. The first kappa shape index (κ1) is 8.29. The van der Waals surface area contributed by atoms with Gasteiger partial charge in [0.15, 0.2) is 0 Å². The molecule has 0 aromatic carbocycles. The number of imidazole rings is 1. The van der Waals surface area contributed by atoms with Crippen molar-refractivity contribution in [1.29, 1.82) is 0 Å². The predicted octanol–water partition coefficient (Wildman–Crippen LogP) is 1.67. The van der Waals surface area contributed by atoms with Gasteiger partial charge in [0.05, 0.1) is 0 Å². The van der Waals surface area contributed by atoms with E-state index >= 15 is 0 Å². The van der Waals surface area contributed by atoms with E-state index in [4.69, 9.17) is 4.74 Å². The molecule has 1 atom stereocenters. The highest BCUT2D eigenvalue weighted by molar-refractivity contribution is 5.70. The first-order valence-corrected chi connectivity index (χ1v) is 4.46. The zero-order valence-corrected chi connectivity index (χ0v) is 7.51. The van der Waals surface area contributed by atoms with Crippen LogP contribution in [0, 0.1) is 5.92 Å². The fourth-order valence-corrected chi connectivity index (χ4v) is 1.25. The van der Waals surface area contributed by atoms with Gasteiger partial charge in [-0.25, -0.2) is 14.3 Å². The smallest absolute Gasteiger partial charge is 0.419 e. The lowest BCUT2D eigenvalue weighted by atomic mass is 10.3. The van der Waals surface area contributed by atoms with Crippen LogP contribution in [0.1, 0.15) is 19.8 Å². The van der Waals surface area contributed by atoms with E-state index in [0.717, 1.165) is 0 Å². The van der Waals surface area contributed by atoms with Gasteiger partial charge in [-0.2, -0.15) is 0 Å². The molecule has 0 spiro atoms. The van der Waals surface area contributed by atoms with Crippen LogP contribution in [0.4, 0.5) is 4.79 Å². The summed E-state index contributed by atoms with van der Waals surface area (Å²) in [6.07, 6.45) is 6.65. The molecule has 4 nitrogen and oxygen atoms in total. The molecular formula is C9H12N2O2. The Morgan fingerprint density at radius 1 is 1.69 bits per heavy atom. The van der Waals surface area contributed by atoms with Crippen LogP contribution in [-0.4, -0.2) is 21.7 Å². The van der Waals surface area contributed by atoms with E-state index in [0.29, 0.717) is 5.92 Å². The Labute approximate surface area is 76.5 Å². The molecule has 1 aromatic rings. The number of carbonyl (C=O) groups is 1. The third-order valence-corrected chi connectivity index (χ3v) is 2.29. The topological polar surface area (TPSA) is 44.1 Å². The van der Waals surface area contributed by atoms with Crippen LogP contribution in [0.2, 0.25) is 0 Å². The summed E-state index contributed by atoms with van der Waals surface area (Å²) in [5.41, 5.74) is 0. The van der Waals surface area contributed by atoms with Gasteiger partial charge in [0.25, 0.3) is 0 Å². The maximum atomic E-state index is 11.3. The van der Waals surface area contributed by atoms with Gasteiger partial charge < -0.3 is 4.74 Å². The molecule has 1 aromatic heterocycles. The number of hydrogen-bond acceptors (Lipinski definition) is 3. The standard InChI is InChI=1S/C9H12N2O2/c1-7(8-2-3-8)13-9(12)11-5-4-10-6-11/h4-8H,2-3H2,1H3/t7-/m0/s1. The van der Waals surface area contributed by atoms with Gasteiger partial charge in [0.2, 0.25) is 0 Å². The molecule has 0 bridgehead atoms.